The second-order valence-corrected chi connectivity index (χ2v) is 9.26. The zero-order chi connectivity index (χ0) is 26.0. The van der Waals surface area contributed by atoms with Gasteiger partial charge in [-0.25, -0.2) is 9.59 Å². The number of ether oxygens (including phenoxy) is 2. The van der Waals surface area contributed by atoms with E-state index in [9.17, 15) is 14.4 Å². The number of carbonyl (C=O) groups excluding carboxylic acids is 3. The Morgan fingerprint density at radius 1 is 0.919 bits per heavy atom. The maximum atomic E-state index is 12.9. The van der Waals surface area contributed by atoms with Crippen molar-refractivity contribution in [2.24, 2.45) is 0 Å². The summed E-state index contributed by atoms with van der Waals surface area (Å²) in [6.45, 7) is 1.95. The molecule has 0 fully saturated rings. The van der Waals surface area contributed by atoms with E-state index in [0.717, 1.165) is 33.3 Å². The van der Waals surface area contributed by atoms with Gasteiger partial charge in [0.05, 0.1) is 15.1 Å². The molecule has 0 saturated heterocycles. The highest BCUT2D eigenvalue weighted by atomic mass is 32.1. The highest BCUT2D eigenvalue weighted by Crippen LogP contribution is 2.27. The number of nitrogens with zero attached hydrogens (tertiary/aromatic N) is 1. The fourth-order valence-corrected chi connectivity index (χ4v) is 4.71. The van der Waals surface area contributed by atoms with E-state index in [1.165, 1.54) is 11.3 Å². The van der Waals surface area contributed by atoms with E-state index in [4.69, 9.17) is 9.47 Å². The lowest BCUT2D eigenvalue weighted by molar-refractivity contribution is -0.147. The average molecular weight is 518 g/mol. The lowest BCUT2D eigenvalue weighted by Crippen LogP contribution is -2.49. The largest absolute Gasteiger partial charge is 0.459 e. The summed E-state index contributed by atoms with van der Waals surface area (Å²) in [7, 11) is 0. The number of aryl methyl sites for hydroxylation is 1. The Balaban J connectivity index is 1.40. The number of pyridine rings is 1. The van der Waals surface area contributed by atoms with Gasteiger partial charge in [-0.2, -0.15) is 0 Å². The zero-order valence-corrected chi connectivity index (χ0v) is 21.1. The van der Waals surface area contributed by atoms with E-state index in [-0.39, 0.29) is 25.7 Å². The van der Waals surface area contributed by atoms with Crippen LogP contribution in [-0.2, 0) is 33.9 Å². The van der Waals surface area contributed by atoms with Gasteiger partial charge in [0.25, 0.3) is 5.91 Å². The summed E-state index contributed by atoms with van der Waals surface area (Å²) in [5, 5.41) is 5.24. The molecule has 1 unspecified atom stereocenters. The van der Waals surface area contributed by atoms with E-state index in [1.54, 1.807) is 12.3 Å². The van der Waals surface area contributed by atoms with Gasteiger partial charge in [0.1, 0.15) is 19.3 Å². The van der Waals surface area contributed by atoms with Crippen LogP contribution in [-0.4, -0.2) is 35.5 Å². The summed E-state index contributed by atoms with van der Waals surface area (Å²) in [5.74, 6) is -1.06. The third-order valence-corrected chi connectivity index (χ3v) is 6.78. The molecular weight excluding hydrogens is 490 g/mol. The molecule has 190 valence electrons. The molecule has 1 atom stereocenters. The third-order valence-electron chi connectivity index (χ3n) is 5.58. The minimum Gasteiger partial charge on any atom is -0.459 e. The molecule has 4 rings (SSSR count). The molecule has 0 aliphatic rings. The molecule has 2 N–H and O–H groups in total. The first-order valence-electron chi connectivity index (χ1n) is 11.9. The standard InChI is InChI=1S/C28H27N3O5S/c1-2-21-13-14-29-22-15-24(37-25(21)22)26(32)30-16-23(27(33)35-17-19-9-5-3-6-10-19)31-28(34)36-18-20-11-7-4-8-12-20/h3-15,23H,2,16-18H2,1H3,(H,30,32)(H,31,34). The van der Waals surface area contributed by atoms with Crippen molar-refractivity contribution in [1.82, 2.24) is 15.6 Å². The first-order chi connectivity index (χ1) is 18.0. The molecule has 2 aromatic heterocycles. The van der Waals surface area contributed by atoms with Crippen molar-refractivity contribution in [1.29, 1.82) is 0 Å². The summed E-state index contributed by atoms with van der Waals surface area (Å²) in [5.41, 5.74) is 3.46. The predicted octanol–water partition coefficient (Wildman–Crippen LogP) is 4.63. The van der Waals surface area contributed by atoms with Gasteiger partial charge in [-0.05, 0) is 35.2 Å². The number of aromatic nitrogens is 1. The Bertz CT molecular complexity index is 1360. The molecule has 9 heteroatoms. The number of alkyl carbamates (subject to hydrolysis) is 1. The second kappa shape index (κ2) is 12.6. The van der Waals surface area contributed by atoms with Gasteiger partial charge in [0.2, 0.25) is 0 Å². The quantitative estimate of drug-likeness (QED) is 0.297. The Morgan fingerprint density at radius 3 is 2.22 bits per heavy atom. The Morgan fingerprint density at radius 2 is 1.57 bits per heavy atom. The monoisotopic (exact) mass is 517 g/mol. The van der Waals surface area contributed by atoms with Gasteiger partial charge in [-0.15, -0.1) is 11.3 Å². The van der Waals surface area contributed by atoms with Crippen molar-refractivity contribution in [3.63, 3.8) is 0 Å². The molecule has 0 aliphatic carbocycles. The topological polar surface area (TPSA) is 107 Å². The summed E-state index contributed by atoms with van der Waals surface area (Å²) >= 11 is 1.34. The SMILES string of the molecule is CCc1ccnc2cc(C(=O)NCC(NC(=O)OCc3ccccc3)C(=O)OCc3ccccc3)sc12. The van der Waals surface area contributed by atoms with E-state index in [1.807, 2.05) is 73.7 Å². The van der Waals surface area contributed by atoms with Crippen molar-refractivity contribution >= 4 is 39.5 Å². The minimum atomic E-state index is -1.14. The van der Waals surface area contributed by atoms with Crippen LogP contribution in [0.4, 0.5) is 4.79 Å². The number of fused-ring (bicyclic) bond motifs is 1. The van der Waals surface area contributed by atoms with Crippen molar-refractivity contribution in [2.75, 3.05) is 6.54 Å². The maximum absolute atomic E-state index is 12.9. The van der Waals surface area contributed by atoms with Crippen LogP contribution in [0, 0.1) is 0 Å². The molecule has 4 aromatic rings. The summed E-state index contributed by atoms with van der Waals surface area (Å²) in [6, 6.07) is 20.9. The van der Waals surface area contributed by atoms with Crippen molar-refractivity contribution in [2.45, 2.75) is 32.6 Å². The van der Waals surface area contributed by atoms with Gasteiger partial charge in [-0.3, -0.25) is 9.78 Å². The summed E-state index contributed by atoms with van der Waals surface area (Å²) in [6.07, 6.45) is 1.75. The molecule has 0 aliphatic heterocycles. The van der Waals surface area contributed by atoms with Crippen LogP contribution in [0.5, 0.6) is 0 Å². The molecule has 2 heterocycles. The highest BCUT2D eigenvalue weighted by Gasteiger charge is 2.25. The third kappa shape index (κ3) is 7.14. The lowest BCUT2D eigenvalue weighted by Gasteiger charge is -2.18. The molecule has 0 saturated carbocycles. The number of esters is 1. The molecule has 37 heavy (non-hydrogen) atoms. The fraction of sp³-hybridized carbons (Fsp3) is 0.214. The average Bonchev–Trinajstić information content (AvgIpc) is 3.38. The number of rotatable bonds is 10. The highest BCUT2D eigenvalue weighted by molar-refractivity contribution is 7.21. The van der Waals surface area contributed by atoms with Crippen LogP contribution in [0.1, 0.15) is 33.3 Å². The normalized spacial score (nSPS) is 11.5. The van der Waals surface area contributed by atoms with Crippen molar-refractivity contribution in [3.05, 3.63) is 101 Å². The van der Waals surface area contributed by atoms with Gasteiger partial charge >= 0.3 is 12.1 Å². The van der Waals surface area contributed by atoms with Gasteiger partial charge in [-0.1, -0.05) is 67.6 Å². The van der Waals surface area contributed by atoms with Crippen molar-refractivity contribution in [3.8, 4) is 0 Å². The van der Waals surface area contributed by atoms with Crippen LogP contribution in [0.2, 0.25) is 0 Å². The first-order valence-corrected chi connectivity index (χ1v) is 12.7. The van der Waals surface area contributed by atoms with E-state index in [0.29, 0.717) is 4.88 Å². The Labute approximate surface area is 218 Å². The summed E-state index contributed by atoms with van der Waals surface area (Å²) in [4.78, 5) is 43.0. The van der Waals surface area contributed by atoms with Crippen molar-refractivity contribution < 1.29 is 23.9 Å². The zero-order valence-electron chi connectivity index (χ0n) is 20.3. The van der Waals surface area contributed by atoms with Gasteiger partial charge < -0.3 is 20.1 Å². The Hall–Kier alpha value is -4.24. The lowest BCUT2D eigenvalue weighted by atomic mass is 10.2. The van der Waals surface area contributed by atoms with Gasteiger partial charge in [0.15, 0.2) is 0 Å². The number of hydrogen-bond acceptors (Lipinski definition) is 7. The van der Waals surface area contributed by atoms with Crippen LogP contribution < -0.4 is 10.6 Å². The molecule has 0 radical (unpaired) electrons. The second-order valence-electron chi connectivity index (χ2n) is 8.21. The smallest absolute Gasteiger partial charge is 0.408 e. The number of thiophene rings is 1. The van der Waals surface area contributed by atoms with Crippen LogP contribution in [0.3, 0.4) is 0 Å². The van der Waals surface area contributed by atoms with E-state index in [2.05, 4.69) is 15.6 Å². The predicted molar refractivity (Wildman–Crippen MR) is 141 cm³/mol. The molecule has 0 bridgehead atoms. The number of hydrogen-bond donors (Lipinski definition) is 2. The van der Waals surface area contributed by atoms with E-state index < -0.39 is 18.1 Å². The molecule has 8 nitrogen and oxygen atoms in total. The molecule has 2 aromatic carbocycles. The van der Waals surface area contributed by atoms with Crippen LogP contribution >= 0.6 is 11.3 Å². The van der Waals surface area contributed by atoms with Crippen LogP contribution in [0.25, 0.3) is 10.2 Å². The van der Waals surface area contributed by atoms with Gasteiger partial charge in [0, 0.05) is 12.7 Å². The number of carbonyl (C=O) groups is 3. The molecule has 2 amide bonds. The minimum absolute atomic E-state index is 0.0344. The first kappa shape index (κ1) is 25.8. The number of benzene rings is 2. The fourth-order valence-electron chi connectivity index (χ4n) is 3.59. The molecule has 0 spiro atoms. The number of nitrogens with one attached hydrogen (secondary N) is 2. The maximum Gasteiger partial charge on any atom is 0.408 e. The Kier molecular flexibility index (Phi) is 8.83. The van der Waals surface area contributed by atoms with E-state index >= 15 is 0 Å². The molecular formula is C28H27N3O5S. The van der Waals surface area contributed by atoms with Crippen LogP contribution in [0.15, 0.2) is 79.0 Å². The number of amides is 2. The summed E-state index contributed by atoms with van der Waals surface area (Å²) < 4.78 is 11.6.